The molecule has 138 valence electrons. The molecule has 0 bridgehead atoms. The van der Waals surface area contributed by atoms with Crippen LogP contribution in [0.25, 0.3) is 0 Å². The van der Waals surface area contributed by atoms with Gasteiger partial charge >= 0.3 is 0 Å². The minimum absolute atomic E-state index is 0.0632. The highest BCUT2D eigenvalue weighted by molar-refractivity contribution is 5.96. The predicted molar refractivity (Wildman–Crippen MR) is 100 cm³/mol. The number of nitrogens with zero attached hydrogens (tertiary/aromatic N) is 3. The van der Waals surface area contributed by atoms with Crippen molar-refractivity contribution in [1.82, 2.24) is 10.2 Å². The van der Waals surface area contributed by atoms with Gasteiger partial charge in [0.15, 0.2) is 0 Å². The first kappa shape index (κ1) is 18.5. The van der Waals surface area contributed by atoms with Gasteiger partial charge in [0, 0.05) is 30.6 Å². The molecular weight excluding hydrogens is 328 g/mol. The zero-order valence-corrected chi connectivity index (χ0v) is 15.5. The number of nitrogens with one attached hydrogen (secondary N) is 1. The fraction of sp³-hybridized carbons (Fsp3) is 0.500. The molecule has 0 radical (unpaired) electrons. The molecule has 6 nitrogen and oxygen atoms in total. The number of azo groups is 1. The number of amides is 2. The van der Waals surface area contributed by atoms with E-state index in [2.05, 4.69) is 15.5 Å². The number of carbonyl (C=O) groups is 2. The van der Waals surface area contributed by atoms with E-state index < -0.39 is 0 Å². The summed E-state index contributed by atoms with van der Waals surface area (Å²) in [6.45, 7) is 1.42. The summed E-state index contributed by atoms with van der Waals surface area (Å²) in [7, 11) is 3.95. The quantitative estimate of drug-likeness (QED) is 0.853. The monoisotopic (exact) mass is 354 g/mol. The Kier molecular flexibility index (Phi) is 5.93. The van der Waals surface area contributed by atoms with E-state index >= 15 is 0 Å². The van der Waals surface area contributed by atoms with Gasteiger partial charge in [-0.15, -0.1) is 5.11 Å². The molecule has 1 aliphatic carbocycles. The summed E-state index contributed by atoms with van der Waals surface area (Å²) < 4.78 is 0. The first-order chi connectivity index (χ1) is 12.5. The van der Waals surface area contributed by atoms with E-state index in [1.54, 1.807) is 0 Å². The third-order valence-corrected chi connectivity index (χ3v) is 4.92. The van der Waals surface area contributed by atoms with Crippen LogP contribution < -0.4 is 5.32 Å². The van der Waals surface area contributed by atoms with Gasteiger partial charge in [0.2, 0.25) is 0 Å². The number of likely N-dealkylation sites (N-methyl/N-ethyl adjacent to an activating group) is 1. The van der Waals surface area contributed by atoms with E-state index in [9.17, 15) is 9.59 Å². The molecule has 6 heteroatoms. The van der Waals surface area contributed by atoms with Crippen molar-refractivity contribution in [3.05, 3.63) is 46.5 Å². The van der Waals surface area contributed by atoms with Gasteiger partial charge in [-0.3, -0.25) is 9.59 Å². The lowest BCUT2D eigenvalue weighted by atomic mass is 9.84. The summed E-state index contributed by atoms with van der Waals surface area (Å²) in [4.78, 5) is 26.3. The van der Waals surface area contributed by atoms with Crippen molar-refractivity contribution in [3.8, 4) is 0 Å². The van der Waals surface area contributed by atoms with Crippen LogP contribution in [0.15, 0.2) is 45.6 Å². The van der Waals surface area contributed by atoms with Crippen molar-refractivity contribution in [3.63, 3.8) is 0 Å². The van der Waals surface area contributed by atoms with Gasteiger partial charge in [-0.25, -0.2) is 0 Å². The highest BCUT2D eigenvalue weighted by Crippen LogP contribution is 2.33. The number of rotatable bonds is 6. The average molecular weight is 354 g/mol. The van der Waals surface area contributed by atoms with Crippen molar-refractivity contribution >= 4 is 11.8 Å². The second kappa shape index (κ2) is 8.36. The first-order valence-corrected chi connectivity index (χ1v) is 9.23. The molecule has 1 atom stereocenters. The Hall–Kier alpha value is -2.34. The molecule has 0 saturated carbocycles. The number of carbonyl (C=O) groups excluding carboxylic acids is 2. The molecule has 2 amide bonds. The van der Waals surface area contributed by atoms with Gasteiger partial charge in [0.05, 0.1) is 6.04 Å². The molecule has 1 aromatic rings. The Labute approximate surface area is 154 Å². The molecule has 0 saturated heterocycles. The molecule has 1 aliphatic heterocycles. The van der Waals surface area contributed by atoms with Crippen LogP contribution in [0.4, 0.5) is 0 Å². The Bertz CT molecular complexity index is 752. The second-order valence-electron chi connectivity index (χ2n) is 7.21. The molecule has 2 aliphatic rings. The maximum Gasteiger partial charge on any atom is 0.291 e. The Morgan fingerprint density at radius 3 is 2.88 bits per heavy atom. The van der Waals surface area contributed by atoms with E-state index in [1.165, 1.54) is 0 Å². The Morgan fingerprint density at radius 2 is 2.08 bits per heavy atom. The van der Waals surface area contributed by atoms with Crippen LogP contribution in [0.5, 0.6) is 0 Å². The van der Waals surface area contributed by atoms with Crippen molar-refractivity contribution in [2.45, 2.75) is 38.1 Å². The van der Waals surface area contributed by atoms with Gasteiger partial charge in [0.25, 0.3) is 11.8 Å². The maximum absolute atomic E-state index is 12.3. The molecule has 3 rings (SSSR count). The molecule has 26 heavy (non-hydrogen) atoms. The second-order valence-corrected chi connectivity index (χ2v) is 7.21. The summed E-state index contributed by atoms with van der Waals surface area (Å²) in [5.41, 5.74) is 3.72. The van der Waals surface area contributed by atoms with Crippen molar-refractivity contribution in [2.75, 3.05) is 27.2 Å². The minimum Gasteiger partial charge on any atom is -0.351 e. The van der Waals surface area contributed by atoms with E-state index in [0.717, 1.165) is 48.9 Å². The zero-order chi connectivity index (χ0) is 18.5. The molecule has 1 unspecified atom stereocenters. The molecule has 1 N–H and O–H groups in total. The van der Waals surface area contributed by atoms with E-state index in [0.29, 0.717) is 18.5 Å². The average Bonchev–Trinajstić information content (AvgIpc) is 2.64. The maximum atomic E-state index is 12.3. The Balaban J connectivity index is 1.69. The van der Waals surface area contributed by atoms with E-state index in [-0.39, 0.29) is 17.9 Å². The summed E-state index contributed by atoms with van der Waals surface area (Å²) in [6.07, 6.45) is 4.57. The lowest BCUT2D eigenvalue weighted by Gasteiger charge is -2.25. The molecule has 1 heterocycles. The number of hydrogen-bond acceptors (Lipinski definition) is 4. The molecule has 0 fully saturated rings. The smallest absolute Gasteiger partial charge is 0.291 e. The van der Waals surface area contributed by atoms with Gasteiger partial charge < -0.3 is 10.2 Å². The van der Waals surface area contributed by atoms with Crippen molar-refractivity contribution < 1.29 is 9.59 Å². The van der Waals surface area contributed by atoms with Gasteiger partial charge in [-0.1, -0.05) is 12.1 Å². The van der Waals surface area contributed by atoms with E-state index in [1.807, 2.05) is 43.3 Å². The molecule has 0 aromatic heterocycles. The zero-order valence-electron chi connectivity index (χ0n) is 15.5. The predicted octanol–water partition coefficient (Wildman–Crippen LogP) is 2.75. The van der Waals surface area contributed by atoms with Crippen LogP contribution >= 0.6 is 0 Å². The van der Waals surface area contributed by atoms with Crippen LogP contribution in [-0.2, 0) is 11.2 Å². The highest BCUT2D eigenvalue weighted by Gasteiger charge is 2.28. The van der Waals surface area contributed by atoms with Gasteiger partial charge in [0.1, 0.15) is 0 Å². The largest absolute Gasteiger partial charge is 0.351 e. The molecular formula is C20H26N4O2. The Morgan fingerprint density at radius 1 is 1.27 bits per heavy atom. The lowest BCUT2D eigenvalue weighted by molar-refractivity contribution is -0.115. The topological polar surface area (TPSA) is 74.1 Å². The van der Waals surface area contributed by atoms with Gasteiger partial charge in [-0.05, 0) is 63.0 Å². The first-order valence-electron chi connectivity index (χ1n) is 9.23. The van der Waals surface area contributed by atoms with Crippen molar-refractivity contribution in [2.24, 2.45) is 10.2 Å². The SMILES string of the molecule is CN(C)CCNC(=O)c1cccc(CC2N=NC(=O)C3=C2CCCC3)c1. The fourth-order valence-electron chi connectivity index (χ4n) is 3.51. The molecule has 1 aromatic carbocycles. The lowest BCUT2D eigenvalue weighted by Crippen LogP contribution is -2.31. The number of benzene rings is 1. The third-order valence-electron chi connectivity index (χ3n) is 4.92. The van der Waals surface area contributed by atoms with Crippen LogP contribution in [-0.4, -0.2) is 49.9 Å². The third kappa shape index (κ3) is 4.43. The summed E-state index contributed by atoms with van der Waals surface area (Å²) in [5.74, 6) is -0.225. The summed E-state index contributed by atoms with van der Waals surface area (Å²) in [6, 6.07) is 7.57. The summed E-state index contributed by atoms with van der Waals surface area (Å²) in [5, 5.41) is 11.0. The number of hydrogen-bond donors (Lipinski definition) is 1. The molecule has 0 spiro atoms. The van der Waals surface area contributed by atoms with Crippen molar-refractivity contribution in [1.29, 1.82) is 0 Å². The normalized spacial score (nSPS) is 19.7. The highest BCUT2D eigenvalue weighted by atomic mass is 16.2. The fourth-order valence-corrected chi connectivity index (χ4v) is 3.51. The summed E-state index contributed by atoms with van der Waals surface area (Å²) >= 11 is 0. The van der Waals surface area contributed by atoms with Crippen LogP contribution in [0, 0.1) is 0 Å². The standard InChI is InChI=1S/C20H26N4O2/c1-24(2)11-10-21-19(25)15-7-5-6-14(12-15)13-18-16-8-3-4-9-17(16)20(26)23-22-18/h5-7,12,18H,3-4,8-11,13H2,1-2H3,(H,21,25). The van der Waals surface area contributed by atoms with Crippen LogP contribution in [0.2, 0.25) is 0 Å². The van der Waals surface area contributed by atoms with Crippen LogP contribution in [0.1, 0.15) is 41.6 Å². The van der Waals surface area contributed by atoms with Gasteiger partial charge in [-0.2, -0.15) is 5.11 Å². The van der Waals surface area contributed by atoms with E-state index in [4.69, 9.17) is 0 Å². The van der Waals surface area contributed by atoms with Crippen LogP contribution in [0.3, 0.4) is 0 Å². The minimum atomic E-state index is -0.162.